The van der Waals surface area contributed by atoms with Crippen molar-refractivity contribution < 1.29 is 38.1 Å². The van der Waals surface area contributed by atoms with Gasteiger partial charge in [0.2, 0.25) is 5.78 Å². The van der Waals surface area contributed by atoms with Crippen LogP contribution in [0.2, 0.25) is 0 Å². The van der Waals surface area contributed by atoms with Crippen LogP contribution in [0.15, 0.2) is 42.2 Å². The van der Waals surface area contributed by atoms with Gasteiger partial charge in [-0.15, -0.1) is 0 Å². The first kappa shape index (κ1) is 25.1. The number of esters is 1. The van der Waals surface area contributed by atoms with Crippen LogP contribution in [0.25, 0.3) is 6.08 Å². The van der Waals surface area contributed by atoms with Crippen molar-refractivity contribution in [3.8, 4) is 23.0 Å². The molecule has 0 saturated carbocycles. The van der Waals surface area contributed by atoms with Gasteiger partial charge in [-0.3, -0.25) is 14.4 Å². The van der Waals surface area contributed by atoms with Crippen molar-refractivity contribution in [1.29, 1.82) is 0 Å². The number of amides is 1. The summed E-state index contributed by atoms with van der Waals surface area (Å²) in [6, 6.07) is 10.1. The van der Waals surface area contributed by atoms with Crippen LogP contribution in [0.1, 0.15) is 35.7 Å². The molecule has 0 aromatic heterocycles. The van der Waals surface area contributed by atoms with Gasteiger partial charge in [0.15, 0.2) is 12.4 Å². The first-order valence-corrected chi connectivity index (χ1v) is 11.8. The van der Waals surface area contributed by atoms with Crippen molar-refractivity contribution in [2.75, 3.05) is 40.5 Å². The zero-order valence-corrected chi connectivity index (χ0v) is 20.6. The fourth-order valence-corrected chi connectivity index (χ4v) is 4.20. The molecule has 2 aliphatic rings. The molecule has 9 nitrogen and oxygen atoms in total. The summed E-state index contributed by atoms with van der Waals surface area (Å²) in [5.41, 5.74) is 1.08. The summed E-state index contributed by atoms with van der Waals surface area (Å²) in [6.07, 6.45) is 2.77. The molecule has 0 atom stereocenters. The van der Waals surface area contributed by atoms with Crippen LogP contribution in [0.3, 0.4) is 0 Å². The second-order valence-corrected chi connectivity index (χ2v) is 8.40. The SMILES string of the molecule is CCOC(=O)C1CCN(C(=O)COc2ccc3c(c2)OC(=Cc2ccc(OC)cc2OC)C3=O)CC1. The van der Waals surface area contributed by atoms with Crippen molar-refractivity contribution in [3.05, 3.63) is 53.3 Å². The molecule has 4 rings (SSSR count). The van der Waals surface area contributed by atoms with Gasteiger partial charge in [-0.25, -0.2) is 0 Å². The molecule has 1 fully saturated rings. The minimum atomic E-state index is -0.255. The Kier molecular flexibility index (Phi) is 7.77. The predicted octanol–water partition coefficient (Wildman–Crippen LogP) is 3.50. The Morgan fingerprint density at radius 3 is 2.50 bits per heavy atom. The average molecular weight is 496 g/mol. The summed E-state index contributed by atoms with van der Waals surface area (Å²) in [6.45, 7) is 2.95. The topological polar surface area (TPSA) is 101 Å². The van der Waals surface area contributed by atoms with Crippen LogP contribution < -0.4 is 18.9 Å². The molecule has 1 saturated heterocycles. The molecule has 9 heteroatoms. The van der Waals surface area contributed by atoms with E-state index >= 15 is 0 Å². The summed E-state index contributed by atoms with van der Waals surface area (Å²) in [4.78, 5) is 39.0. The first-order chi connectivity index (χ1) is 17.4. The van der Waals surface area contributed by atoms with Crippen molar-refractivity contribution in [2.45, 2.75) is 19.8 Å². The smallest absolute Gasteiger partial charge is 0.309 e. The zero-order valence-electron chi connectivity index (χ0n) is 20.6. The van der Waals surface area contributed by atoms with Crippen LogP contribution in [0.4, 0.5) is 0 Å². The monoisotopic (exact) mass is 495 g/mol. The van der Waals surface area contributed by atoms with E-state index in [1.165, 1.54) is 7.11 Å². The molecule has 0 spiro atoms. The third kappa shape index (κ3) is 5.45. The third-order valence-electron chi connectivity index (χ3n) is 6.20. The maximum atomic E-state index is 12.8. The Morgan fingerprint density at radius 1 is 1.06 bits per heavy atom. The van der Waals surface area contributed by atoms with Crippen LogP contribution >= 0.6 is 0 Å². The molecule has 2 aromatic carbocycles. The van der Waals surface area contributed by atoms with E-state index in [-0.39, 0.29) is 35.9 Å². The number of piperidine rings is 1. The van der Waals surface area contributed by atoms with Crippen LogP contribution in [-0.4, -0.2) is 63.1 Å². The van der Waals surface area contributed by atoms with Crippen LogP contribution in [0, 0.1) is 5.92 Å². The van der Waals surface area contributed by atoms with Gasteiger partial charge in [0.25, 0.3) is 5.91 Å². The van der Waals surface area contributed by atoms with E-state index in [9.17, 15) is 14.4 Å². The molecule has 190 valence electrons. The lowest BCUT2D eigenvalue weighted by Gasteiger charge is -2.30. The minimum absolute atomic E-state index is 0.150. The Balaban J connectivity index is 1.36. The average Bonchev–Trinajstić information content (AvgIpc) is 3.21. The number of hydrogen-bond acceptors (Lipinski definition) is 8. The van der Waals surface area contributed by atoms with Gasteiger partial charge >= 0.3 is 5.97 Å². The zero-order chi connectivity index (χ0) is 25.7. The maximum absolute atomic E-state index is 12.8. The lowest BCUT2D eigenvalue weighted by atomic mass is 9.97. The van der Waals surface area contributed by atoms with Crippen LogP contribution in [-0.2, 0) is 14.3 Å². The highest BCUT2D eigenvalue weighted by Crippen LogP contribution is 2.36. The fraction of sp³-hybridized carbons (Fsp3) is 0.370. The highest BCUT2D eigenvalue weighted by Gasteiger charge is 2.30. The van der Waals surface area contributed by atoms with E-state index in [1.807, 2.05) is 0 Å². The number of carbonyl (C=O) groups excluding carboxylic acids is 3. The summed E-state index contributed by atoms with van der Waals surface area (Å²) >= 11 is 0. The first-order valence-electron chi connectivity index (χ1n) is 11.8. The van der Waals surface area contributed by atoms with E-state index < -0.39 is 0 Å². The molecular formula is C27H29NO8. The van der Waals surface area contributed by atoms with E-state index in [0.717, 1.165) is 0 Å². The number of ketones is 1. The fourth-order valence-electron chi connectivity index (χ4n) is 4.20. The normalized spacial score (nSPS) is 16.4. The third-order valence-corrected chi connectivity index (χ3v) is 6.20. The summed E-state index contributed by atoms with van der Waals surface area (Å²) in [5, 5.41) is 0. The molecular weight excluding hydrogens is 466 g/mol. The van der Waals surface area contributed by atoms with E-state index in [0.29, 0.717) is 66.7 Å². The lowest BCUT2D eigenvalue weighted by molar-refractivity contribution is -0.151. The van der Waals surface area contributed by atoms with Gasteiger partial charge in [-0.05, 0) is 50.1 Å². The van der Waals surface area contributed by atoms with E-state index in [4.69, 9.17) is 23.7 Å². The molecule has 2 heterocycles. The highest BCUT2D eigenvalue weighted by atomic mass is 16.5. The Labute approximate surface area is 209 Å². The lowest BCUT2D eigenvalue weighted by Crippen LogP contribution is -2.42. The number of Topliss-reactive ketones (excluding diaryl/α,β-unsaturated/α-hetero) is 1. The summed E-state index contributed by atoms with van der Waals surface area (Å²) < 4.78 is 27.2. The number of hydrogen-bond donors (Lipinski definition) is 0. The number of benzene rings is 2. The van der Waals surface area contributed by atoms with Gasteiger partial charge in [-0.2, -0.15) is 0 Å². The molecule has 0 radical (unpaired) electrons. The van der Waals surface area contributed by atoms with Crippen molar-refractivity contribution in [3.63, 3.8) is 0 Å². The Bertz CT molecular complexity index is 1180. The van der Waals surface area contributed by atoms with Gasteiger partial charge in [0.1, 0.15) is 23.0 Å². The molecule has 0 bridgehead atoms. The van der Waals surface area contributed by atoms with Gasteiger partial charge in [-0.1, -0.05) is 0 Å². The van der Waals surface area contributed by atoms with E-state index in [1.54, 1.807) is 61.4 Å². The molecule has 1 amide bonds. The van der Waals surface area contributed by atoms with Crippen molar-refractivity contribution in [2.24, 2.45) is 5.92 Å². The Morgan fingerprint density at radius 2 is 1.81 bits per heavy atom. The number of nitrogens with zero attached hydrogens (tertiary/aromatic N) is 1. The molecule has 2 aromatic rings. The van der Waals surface area contributed by atoms with Gasteiger partial charge in [0, 0.05) is 30.8 Å². The number of ether oxygens (including phenoxy) is 5. The summed E-state index contributed by atoms with van der Waals surface area (Å²) in [7, 11) is 3.10. The highest BCUT2D eigenvalue weighted by molar-refractivity contribution is 6.14. The molecule has 0 unspecified atom stereocenters. The standard InChI is InChI=1S/C27H29NO8/c1-4-34-27(31)17-9-11-28(12-10-17)25(29)16-35-20-7-8-21-23(15-20)36-24(26(21)30)13-18-5-6-19(32-2)14-22(18)33-3/h5-8,13-15,17H,4,9-12,16H2,1-3H3. The minimum Gasteiger partial charge on any atom is -0.497 e. The number of fused-ring (bicyclic) bond motifs is 1. The van der Waals surface area contributed by atoms with Gasteiger partial charge in [0.05, 0.1) is 32.3 Å². The number of rotatable bonds is 8. The van der Waals surface area contributed by atoms with Crippen molar-refractivity contribution >= 4 is 23.7 Å². The number of methoxy groups -OCH3 is 2. The van der Waals surface area contributed by atoms with E-state index in [2.05, 4.69) is 0 Å². The second kappa shape index (κ2) is 11.2. The Hall–Kier alpha value is -4.01. The molecule has 36 heavy (non-hydrogen) atoms. The van der Waals surface area contributed by atoms with Gasteiger partial charge < -0.3 is 28.6 Å². The molecule has 2 aliphatic heterocycles. The van der Waals surface area contributed by atoms with Crippen molar-refractivity contribution in [1.82, 2.24) is 4.90 Å². The maximum Gasteiger partial charge on any atom is 0.309 e. The number of carbonyl (C=O) groups is 3. The van der Waals surface area contributed by atoms with Crippen LogP contribution in [0.5, 0.6) is 23.0 Å². The summed E-state index contributed by atoms with van der Waals surface area (Å²) in [5.74, 6) is 1.33. The number of likely N-dealkylation sites (tertiary alicyclic amines) is 1. The second-order valence-electron chi connectivity index (χ2n) is 8.40. The number of allylic oxidation sites excluding steroid dienone is 1. The molecule has 0 N–H and O–H groups in total. The quantitative estimate of drug-likeness (QED) is 0.405. The predicted molar refractivity (Wildman–Crippen MR) is 130 cm³/mol. The molecule has 0 aliphatic carbocycles. The largest absolute Gasteiger partial charge is 0.497 e.